The Labute approximate surface area is 277 Å². The average Bonchev–Trinajstić information content (AvgIpc) is 3.01. The lowest BCUT2D eigenvalue weighted by Gasteiger charge is -2.23. The molecule has 0 saturated carbocycles. The first kappa shape index (κ1) is 33.3. The Morgan fingerprint density at radius 2 is 0.911 bits per heavy atom. The Kier molecular flexibility index (Phi) is 9.63. The summed E-state index contributed by atoms with van der Waals surface area (Å²) in [5.41, 5.74) is 1.21. The van der Waals surface area contributed by atoms with Crippen molar-refractivity contribution in [2.75, 3.05) is 0 Å². The molecule has 3 nitrogen and oxygen atoms in total. The molecule has 0 aliphatic heterocycles. The minimum atomic E-state index is -3.62. The monoisotopic (exact) mass is 670 g/mol. The van der Waals surface area contributed by atoms with Gasteiger partial charge in [0.1, 0.15) is 0 Å². The molecular weight excluding hydrogens is 632 g/mol. The van der Waals surface area contributed by atoms with E-state index in [-0.39, 0.29) is 20.0 Å². The molecule has 5 aromatic rings. The second-order valence-corrected chi connectivity index (χ2v) is 20.8. The molecule has 0 N–H and O–H groups in total. The molecule has 0 aromatic heterocycles. The summed E-state index contributed by atoms with van der Waals surface area (Å²) < 4.78 is 41.5. The lowest BCUT2D eigenvalue weighted by atomic mass is 9.87. The fourth-order valence-electron chi connectivity index (χ4n) is 4.98. The third-order valence-corrected chi connectivity index (χ3v) is 14.3. The molecule has 0 saturated heterocycles. The van der Waals surface area contributed by atoms with Crippen molar-refractivity contribution in [3.05, 3.63) is 133 Å². The van der Waals surface area contributed by atoms with Gasteiger partial charge in [-0.2, -0.15) is 0 Å². The van der Waals surface area contributed by atoms with Gasteiger partial charge in [-0.15, -0.1) is 11.8 Å². The van der Waals surface area contributed by atoms with Gasteiger partial charge in [0.15, 0.2) is 7.14 Å². The van der Waals surface area contributed by atoms with E-state index in [1.54, 1.807) is 36.0 Å². The van der Waals surface area contributed by atoms with Crippen LogP contribution in [0.25, 0.3) is 0 Å². The molecule has 0 aliphatic carbocycles. The van der Waals surface area contributed by atoms with E-state index >= 15 is 0 Å². The lowest BCUT2D eigenvalue weighted by Crippen LogP contribution is -2.25. The first-order chi connectivity index (χ1) is 21.2. The maximum absolute atomic E-state index is 14.9. The van der Waals surface area contributed by atoms with Crippen LogP contribution in [0.5, 0.6) is 0 Å². The Morgan fingerprint density at radius 1 is 0.511 bits per heavy atom. The van der Waals surface area contributed by atoms with Gasteiger partial charge in [0, 0.05) is 35.3 Å². The van der Waals surface area contributed by atoms with E-state index in [2.05, 4.69) is 53.7 Å². The third kappa shape index (κ3) is 7.69. The quantitative estimate of drug-likeness (QED) is 0.122. The summed E-state index contributed by atoms with van der Waals surface area (Å²) in [5, 5.41) is 2.38. The minimum absolute atomic E-state index is 0.00723. The summed E-state index contributed by atoms with van der Waals surface area (Å²) in [6, 6.07) is 39.8. The Bertz CT molecular complexity index is 1900. The van der Waals surface area contributed by atoms with Crippen LogP contribution < -0.4 is 15.9 Å². The molecule has 0 bridgehead atoms. The lowest BCUT2D eigenvalue weighted by molar-refractivity contribution is 0.589. The van der Waals surface area contributed by atoms with Crippen LogP contribution in [0.4, 0.5) is 0 Å². The maximum atomic E-state index is 14.9. The number of sulfone groups is 1. The van der Waals surface area contributed by atoms with Gasteiger partial charge in [0.25, 0.3) is 0 Å². The number of thioether (sulfide) groups is 1. The van der Waals surface area contributed by atoms with E-state index in [1.807, 2.05) is 91.0 Å². The van der Waals surface area contributed by atoms with Gasteiger partial charge >= 0.3 is 0 Å². The predicted molar refractivity (Wildman–Crippen MR) is 193 cm³/mol. The van der Waals surface area contributed by atoms with Gasteiger partial charge in [-0.25, -0.2) is 8.42 Å². The van der Waals surface area contributed by atoms with E-state index in [0.717, 1.165) is 30.6 Å². The zero-order chi connectivity index (χ0) is 32.5. The van der Waals surface area contributed by atoms with Gasteiger partial charge in [-0.1, -0.05) is 108 Å². The van der Waals surface area contributed by atoms with Crippen LogP contribution in [-0.2, 0) is 19.8 Å². The molecule has 1 unspecified atom stereocenters. The van der Waals surface area contributed by atoms with Crippen LogP contribution >= 0.6 is 30.7 Å². The smallest absolute Gasteiger partial charge is 0.206 e. The molecule has 232 valence electrons. The first-order valence-corrected chi connectivity index (χ1v) is 19.7. The van der Waals surface area contributed by atoms with Crippen LogP contribution in [0, 0.1) is 0 Å². The molecule has 0 amide bonds. The molecule has 0 spiro atoms. The molecule has 0 radical (unpaired) electrons. The van der Waals surface area contributed by atoms with E-state index in [1.165, 1.54) is 17.3 Å². The predicted octanol–water partition coefficient (Wildman–Crippen LogP) is 9.50. The molecule has 0 heterocycles. The van der Waals surface area contributed by atoms with Crippen molar-refractivity contribution < 1.29 is 13.0 Å². The highest BCUT2D eigenvalue weighted by atomic mass is 32.2. The number of hydrogen-bond donors (Lipinski definition) is 0. The highest BCUT2D eigenvalue weighted by molar-refractivity contribution is 8.00. The van der Waals surface area contributed by atoms with Gasteiger partial charge in [-0.3, -0.25) is 0 Å². The molecule has 7 heteroatoms. The zero-order valence-corrected chi connectivity index (χ0v) is 29.9. The molecule has 5 aromatic carbocycles. The van der Waals surface area contributed by atoms with Gasteiger partial charge < -0.3 is 4.57 Å². The third-order valence-electron chi connectivity index (χ3n) is 7.34. The van der Waals surface area contributed by atoms with E-state index < -0.39 is 17.0 Å². The largest absolute Gasteiger partial charge is 0.309 e. The minimum Gasteiger partial charge on any atom is -0.309 e. The van der Waals surface area contributed by atoms with Crippen LogP contribution in [0.1, 0.15) is 47.1 Å². The molecular formula is C38H39O3PS3. The normalized spacial score (nSPS) is 13.7. The second kappa shape index (κ2) is 13.0. The van der Waals surface area contributed by atoms with Crippen molar-refractivity contribution >= 4 is 56.4 Å². The van der Waals surface area contributed by atoms with Gasteiger partial charge in [0.05, 0.1) is 9.79 Å². The highest BCUT2D eigenvalue weighted by Gasteiger charge is 2.30. The van der Waals surface area contributed by atoms with Crippen LogP contribution in [0.2, 0.25) is 0 Å². The van der Waals surface area contributed by atoms with Crippen molar-refractivity contribution in [3.63, 3.8) is 0 Å². The summed E-state index contributed by atoms with van der Waals surface area (Å²) in [7, 11) is -6.72. The standard InChI is InChI=1S/C38H39O3PS3/c1-37(2,3)28-12-14-30(15-13-28)42(39,29-10-8-7-9-11-29)31-16-18-32(19-17-31)43-33-20-24-35(25-21-33)45(40,41)36-26-22-34(23-27-36)44-38(4,5)6/h7-27H,1-6H3. The zero-order valence-electron chi connectivity index (χ0n) is 26.5. The Hall–Kier alpha value is -3.02. The molecule has 0 fully saturated rings. The first-order valence-electron chi connectivity index (χ1n) is 14.9. The van der Waals surface area contributed by atoms with Crippen molar-refractivity contribution in [2.24, 2.45) is 0 Å². The van der Waals surface area contributed by atoms with Gasteiger partial charge in [0.2, 0.25) is 9.84 Å². The number of hydrogen-bond acceptors (Lipinski definition) is 5. The van der Waals surface area contributed by atoms with Crippen LogP contribution in [-0.4, -0.2) is 13.2 Å². The summed E-state index contributed by atoms with van der Waals surface area (Å²) in [6.45, 7) is 12.9. The molecule has 0 aliphatic rings. The Balaban J connectivity index is 1.36. The fourth-order valence-corrected chi connectivity index (χ4v) is 10.7. The summed E-state index contributed by atoms with van der Waals surface area (Å²) in [4.78, 5) is 3.48. The topological polar surface area (TPSA) is 51.2 Å². The SMILES string of the molecule is CC(C)(C)Sc1ccc(S(=O)(=O)c2ccc(Sc3ccc(P(=O)(c4ccccc4)c4ccc(C(C)(C)C)cc4)cc3)cc2)cc1. The van der Waals surface area contributed by atoms with Crippen molar-refractivity contribution in [1.29, 1.82) is 0 Å². The van der Waals surface area contributed by atoms with Crippen LogP contribution in [0.3, 0.4) is 0 Å². The van der Waals surface area contributed by atoms with Crippen molar-refractivity contribution in [2.45, 2.75) is 76.2 Å². The summed E-state index contributed by atoms with van der Waals surface area (Å²) in [6.07, 6.45) is 0. The van der Waals surface area contributed by atoms with Crippen molar-refractivity contribution in [1.82, 2.24) is 0 Å². The molecule has 5 rings (SSSR count). The Morgan fingerprint density at radius 3 is 1.36 bits per heavy atom. The second-order valence-electron chi connectivity index (χ2n) is 13.0. The number of rotatable bonds is 8. The molecule has 45 heavy (non-hydrogen) atoms. The number of benzene rings is 5. The highest BCUT2D eigenvalue weighted by Crippen LogP contribution is 2.43. The average molecular weight is 671 g/mol. The van der Waals surface area contributed by atoms with Gasteiger partial charge in [-0.05, 0) is 83.8 Å². The van der Waals surface area contributed by atoms with E-state index in [4.69, 9.17) is 0 Å². The summed E-state index contributed by atoms with van der Waals surface area (Å²) >= 11 is 3.24. The fraction of sp³-hybridized carbons (Fsp3) is 0.211. The molecule has 1 atom stereocenters. The van der Waals surface area contributed by atoms with Crippen LogP contribution in [0.15, 0.2) is 152 Å². The summed E-state index contributed by atoms with van der Waals surface area (Å²) in [5.74, 6) is 0. The van der Waals surface area contributed by atoms with E-state index in [9.17, 15) is 13.0 Å². The van der Waals surface area contributed by atoms with E-state index in [0.29, 0.717) is 0 Å². The maximum Gasteiger partial charge on any atom is 0.206 e. The van der Waals surface area contributed by atoms with Crippen molar-refractivity contribution in [3.8, 4) is 0 Å².